The Bertz CT molecular complexity index is 313. The highest BCUT2D eigenvalue weighted by atomic mass is 35.5. The molecule has 0 saturated heterocycles. The van der Waals surface area contributed by atoms with E-state index in [0.717, 1.165) is 23.6 Å². The predicted molar refractivity (Wildman–Crippen MR) is 65.7 cm³/mol. The van der Waals surface area contributed by atoms with Crippen molar-refractivity contribution < 1.29 is 0 Å². The van der Waals surface area contributed by atoms with Gasteiger partial charge in [-0.25, -0.2) is 4.98 Å². The lowest BCUT2D eigenvalue weighted by Gasteiger charge is -2.00. The first kappa shape index (κ1) is 12.3. The zero-order valence-electron chi connectivity index (χ0n) is 8.37. The molecule has 3 nitrogen and oxygen atoms in total. The van der Waals surface area contributed by atoms with Crippen molar-refractivity contribution in [2.45, 2.75) is 24.3 Å². The molecule has 0 atom stereocenters. The van der Waals surface area contributed by atoms with Gasteiger partial charge in [0.05, 0.1) is 15.9 Å². The summed E-state index contributed by atoms with van der Waals surface area (Å²) >= 11 is 7.42. The molecule has 1 heterocycles. The molecule has 1 aromatic rings. The predicted octanol–water partition coefficient (Wildman–Crippen LogP) is 2.93. The minimum atomic E-state index is 0.268. The number of nitrogens with one attached hydrogen (secondary N) is 1. The Kier molecular flexibility index (Phi) is 5.50. The van der Waals surface area contributed by atoms with E-state index in [1.54, 1.807) is 18.0 Å². The lowest BCUT2D eigenvalue weighted by atomic mass is 10.2. The molecule has 0 spiro atoms. The van der Waals surface area contributed by atoms with Crippen LogP contribution in [-0.2, 0) is 0 Å². The van der Waals surface area contributed by atoms with Crippen LogP contribution in [0.1, 0.15) is 19.3 Å². The Hall–Kier alpha value is -0.740. The number of rotatable bonds is 6. The molecule has 0 fully saturated rings. The van der Waals surface area contributed by atoms with E-state index in [1.165, 1.54) is 0 Å². The van der Waals surface area contributed by atoms with Crippen LogP contribution in [0.25, 0.3) is 0 Å². The summed E-state index contributed by atoms with van der Waals surface area (Å²) in [6.07, 6.45) is 4.36. The molecule has 0 aliphatic rings. The molecule has 0 aromatic carbocycles. The van der Waals surface area contributed by atoms with Crippen LogP contribution in [0.5, 0.6) is 0 Å². The van der Waals surface area contributed by atoms with Crippen LogP contribution in [0.2, 0.25) is 5.02 Å². The quantitative estimate of drug-likeness (QED) is 0.350. The van der Waals surface area contributed by atoms with Crippen LogP contribution >= 0.6 is 23.4 Å². The third kappa shape index (κ3) is 5.64. The molecule has 0 unspecified atom stereocenters. The monoisotopic (exact) mass is 243 g/mol. The molecular formula is C10H14ClN3S. The van der Waals surface area contributed by atoms with Crippen molar-refractivity contribution in [2.75, 3.05) is 5.75 Å². The second-order valence-corrected chi connectivity index (χ2v) is 4.70. The van der Waals surface area contributed by atoms with Gasteiger partial charge in [0.1, 0.15) is 0 Å². The maximum absolute atomic E-state index is 7.06. The van der Waals surface area contributed by atoms with Crippen LogP contribution in [0.4, 0.5) is 0 Å². The number of hydrogen-bond donors (Lipinski definition) is 2. The lowest BCUT2D eigenvalue weighted by molar-refractivity contribution is 0.836. The molecule has 5 heteroatoms. The number of hydrogen-bond acceptors (Lipinski definition) is 3. The van der Waals surface area contributed by atoms with Crippen LogP contribution in [0, 0.1) is 5.41 Å². The normalized spacial score (nSPS) is 10.2. The van der Waals surface area contributed by atoms with Gasteiger partial charge in [-0.3, -0.25) is 5.41 Å². The van der Waals surface area contributed by atoms with Crippen molar-refractivity contribution in [3.05, 3.63) is 23.4 Å². The van der Waals surface area contributed by atoms with Gasteiger partial charge in [0.25, 0.3) is 0 Å². The minimum Gasteiger partial charge on any atom is -0.388 e. The Morgan fingerprint density at radius 3 is 2.87 bits per heavy atom. The van der Waals surface area contributed by atoms with E-state index in [4.69, 9.17) is 22.7 Å². The third-order valence-electron chi connectivity index (χ3n) is 1.79. The van der Waals surface area contributed by atoms with Crippen LogP contribution in [-0.4, -0.2) is 16.6 Å². The fraction of sp³-hybridized carbons (Fsp3) is 0.400. The topological polar surface area (TPSA) is 62.8 Å². The molecule has 82 valence electrons. The SMILES string of the molecule is N=C(N)CCCCSc1ccc(Cl)cn1. The third-order valence-corrected chi connectivity index (χ3v) is 3.04. The zero-order valence-corrected chi connectivity index (χ0v) is 9.94. The highest BCUT2D eigenvalue weighted by molar-refractivity contribution is 7.99. The summed E-state index contributed by atoms with van der Waals surface area (Å²) in [6, 6.07) is 3.75. The van der Waals surface area contributed by atoms with E-state index >= 15 is 0 Å². The van der Waals surface area contributed by atoms with E-state index in [2.05, 4.69) is 4.98 Å². The highest BCUT2D eigenvalue weighted by Gasteiger charge is 1.96. The van der Waals surface area contributed by atoms with Crippen LogP contribution in [0.3, 0.4) is 0 Å². The largest absolute Gasteiger partial charge is 0.388 e. The van der Waals surface area contributed by atoms with Crippen LogP contribution < -0.4 is 5.73 Å². The van der Waals surface area contributed by atoms with Crippen molar-refractivity contribution in [3.63, 3.8) is 0 Å². The average Bonchev–Trinajstić information content (AvgIpc) is 2.20. The molecule has 0 aliphatic carbocycles. The molecule has 0 radical (unpaired) electrons. The summed E-state index contributed by atoms with van der Waals surface area (Å²) in [5, 5.41) is 8.71. The first-order valence-corrected chi connectivity index (χ1v) is 6.12. The van der Waals surface area contributed by atoms with Crippen molar-refractivity contribution in [1.29, 1.82) is 5.41 Å². The average molecular weight is 244 g/mol. The summed E-state index contributed by atoms with van der Waals surface area (Å²) in [5.41, 5.74) is 5.25. The van der Waals surface area contributed by atoms with Crippen LogP contribution in [0.15, 0.2) is 23.4 Å². The summed E-state index contributed by atoms with van der Waals surface area (Å²) in [5.74, 6) is 1.27. The van der Waals surface area contributed by atoms with Crippen molar-refractivity contribution in [2.24, 2.45) is 5.73 Å². The van der Waals surface area contributed by atoms with Gasteiger partial charge in [0.15, 0.2) is 0 Å². The number of halogens is 1. The molecule has 0 bridgehead atoms. The number of thioether (sulfide) groups is 1. The number of pyridine rings is 1. The second kappa shape index (κ2) is 6.69. The van der Waals surface area contributed by atoms with E-state index in [0.29, 0.717) is 11.4 Å². The Labute approximate surface area is 98.9 Å². The van der Waals surface area contributed by atoms with Crippen molar-refractivity contribution in [3.8, 4) is 0 Å². The second-order valence-electron chi connectivity index (χ2n) is 3.15. The highest BCUT2D eigenvalue weighted by Crippen LogP contribution is 2.18. The van der Waals surface area contributed by atoms with Gasteiger partial charge in [0.2, 0.25) is 0 Å². The number of nitrogens with two attached hydrogens (primary N) is 1. The minimum absolute atomic E-state index is 0.268. The van der Waals surface area contributed by atoms with E-state index in [-0.39, 0.29) is 5.84 Å². The van der Waals surface area contributed by atoms with Gasteiger partial charge in [-0.15, -0.1) is 11.8 Å². The fourth-order valence-corrected chi connectivity index (χ4v) is 2.00. The zero-order chi connectivity index (χ0) is 11.1. The molecular weight excluding hydrogens is 230 g/mol. The maximum Gasteiger partial charge on any atom is 0.0960 e. The molecule has 0 aliphatic heterocycles. The molecule has 3 N–H and O–H groups in total. The van der Waals surface area contributed by atoms with Gasteiger partial charge in [-0.05, 0) is 30.7 Å². The Morgan fingerprint density at radius 2 is 2.27 bits per heavy atom. The van der Waals surface area contributed by atoms with Gasteiger partial charge in [-0.2, -0.15) is 0 Å². The van der Waals surface area contributed by atoms with Gasteiger partial charge in [-0.1, -0.05) is 11.6 Å². The van der Waals surface area contributed by atoms with Crippen molar-refractivity contribution >= 4 is 29.2 Å². The fourth-order valence-electron chi connectivity index (χ4n) is 1.04. The van der Waals surface area contributed by atoms with E-state index in [1.807, 2.05) is 12.1 Å². The van der Waals surface area contributed by atoms with Gasteiger partial charge in [0, 0.05) is 12.6 Å². The molecule has 15 heavy (non-hydrogen) atoms. The van der Waals surface area contributed by atoms with E-state index in [9.17, 15) is 0 Å². The number of unbranched alkanes of at least 4 members (excludes halogenated alkanes) is 1. The standard InChI is InChI=1S/C10H14ClN3S/c11-8-4-5-10(14-7-8)15-6-2-1-3-9(12)13/h4-5,7H,1-3,6H2,(H3,12,13). The lowest BCUT2D eigenvalue weighted by Crippen LogP contribution is -2.08. The first-order valence-electron chi connectivity index (χ1n) is 4.76. The smallest absolute Gasteiger partial charge is 0.0960 e. The number of nitrogens with zero attached hydrogens (tertiary/aromatic N) is 1. The maximum atomic E-state index is 7.06. The van der Waals surface area contributed by atoms with Gasteiger partial charge < -0.3 is 5.73 Å². The Balaban J connectivity index is 2.15. The van der Waals surface area contributed by atoms with Crippen molar-refractivity contribution in [1.82, 2.24) is 4.98 Å². The molecule has 0 amide bonds. The first-order chi connectivity index (χ1) is 7.18. The van der Waals surface area contributed by atoms with E-state index < -0.39 is 0 Å². The number of amidine groups is 1. The molecule has 0 saturated carbocycles. The van der Waals surface area contributed by atoms with Gasteiger partial charge >= 0.3 is 0 Å². The molecule has 1 rings (SSSR count). The summed E-state index contributed by atoms with van der Waals surface area (Å²) in [4.78, 5) is 4.18. The summed E-state index contributed by atoms with van der Waals surface area (Å²) in [7, 11) is 0. The summed E-state index contributed by atoms with van der Waals surface area (Å²) < 4.78 is 0. The molecule has 1 aromatic heterocycles. The Morgan fingerprint density at radius 1 is 1.47 bits per heavy atom. The number of aromatic nitrogens is 1. The summed E-state index contributed by atoms with van der Waals surface area (Å²) in [6.45, 7) is 0.